The van der Waals surface area contributed by atoms with E-state index in [-0.39, 0.29) is 28.1 Å². The van der Waals surface area contributed by atoms with Crippen molar-refractivity contribution in [1.82, 2.24) is 0 Å². The standard InChI is InChI=1S/C40H58O3/c1-14-25-28(17-20-32(41)35(25)38(5,6)7)24(4)23-31(29-18-21-33(42)36(26(29)15-2)39(8,9)10)30-19-22-34(43)37(27(30)16-3)40(11,12)13/h17-22,24,31,41-43H,14-16,23H2,1-13H3. The Morgan fingerprint density at radius 1 is 0.488 bits per heavy atom. The molecule has 0 spiro atoms. The number of hydrogen-bond acceptors (Lipinski definition) is 3. The Kier molecular flexibility index (Phi) is 10.1. The van der Waals surface area contributed by atoms with Gasteiger partial charge in [0.25, 0.3) is 0 Å². The Bertz CT molecular complexity index is 1370. The monoisotopic (exact) mass is 586 g/mol. The minimum Gasteiger partial charge on any atom is -0.508 e. The molecular weight excluding hydrogens is 528 g/mol. The molecule has 0 fully saturated rings. The first-order chi connectivity index (χ1) is 19.8. The van der Waals surface area contributed by atoms with Crippen LogP contribution in [0.4, 0.5) is 0 Å². The Balaban J connectivity index is 2.40. The maximum atomic E-state index is 11.1. The summed E-state index contributed by atoms with van der Waals surface area (Å²) in [7, 11) is 0. The second kappa shape index (κ2) is 12.6. The summed E-state index contributed by atoms with van der Waals surface area (Å²) >= 11 is 0. The van der Waals surface area contributed by atoms with Crippen molar-refractivity contribution in [3.63, 3.8) is 0 Å². The third-order valence-electron chi connectivity index (χ3n) is 9.16. The van der Waals surface area contributed by atoms with Gasteiger partial charge < -0.3 is 15.3 Å². The van der Waals surface area contributed by atoms with Crippen LogP contribution < -0.4 is 0 Å². The van der Waals surface area contributed by atoms with Crippen molar-refractivity contribution in [2.45, 2.75) is 144 Å². The maximum Gasteiger partial charge on any atom is 0.119 e. The molecule has 0 amide bonds. The summed E-state index contributed by atoms with van der Waals surface area (Å²) in [5.74, 6) is 1.35. The van der Waals surface area contributed by atoms with E-state index in [1.165, 1.54) is 33.4 Å². The molecule has 3 N–H and O–H groups in total. The third kappa shape index (κ3) is 6.92. The molecule has 0 saturated heterocycles. The molecule has 3 aromatic rings. The van der Waals surface area contributed by atoms with Gasteiger partial charge in [-0.05, 0) is 99.4 Å². The van der Waals surface area contributed by atoms with Crippen LogP contribution in [0.3, 0.4) is 0 Å². The summed E-state index contributed by atoms with van der Waals surface area (Å²) < 4.78 is 0. The van der Waals surface area contributed by atoms with E-state index in [1.807, 2.05) is 18.2 Å². The first-order valence-corrected chi connectivity index (χ1v) is 16.3. The third-order valence-corrected chi connectivity index (χ3v) is 9.16. The van der Waals surface area contributed by atoms with Crippen LogP contribution in [-0.4, -0.2) is 15.3 Å². The molecule has 1 atom stereocenters. The van der Waals surface area contributed by atoms with Crippen LogP contribution in [0, 0.1) is 0 Å². The van der Waals surface area contributed by atoms with E-state index in [0.717, 1.165) is 42.4 Å². The quantitative estimate of drug-likeness (QED) is 0.246. The van der Waals surface area contributed by atoms with E-state index in [0.29, 0.717) is 17.2 Å². The fourth-order valence-electron chi connectivity index (χ4n) is 7.62. The van der Waals surface area contributed by atoms with Crippen molar-refractivity contribution < 1.29 is 15.3 Å². The minimum atomic E-state index is -0.214. The van der Waals surface area contributed by atoms with Gasteiger partial charge >= 0.3 is 0 Å². The summed E-state index contributed by atoms with van der Waals surface area (Å²) in [4.78, 5) is 0. The largest absolute Gasteiger partial charge is 0.508 e. The van der Waals surface area contributed by atoms with Crippen LogP contribution in [-0.2, 0) is 35.5 Å². The van der Waals surface area contributed by atoms with E-state index < -0.39 is 0 Å². The van der Waals surface area contributed by atoms with Crippen LogP contribution in [0.25, 0.3) is 0 Å². The average Bonchev–Trinajstić information content (AvgIpc) is 2.88. The van der Waals surface area contributed by atoms with Gasteiger partial charge in [-0.3, -0.25) is 0 Å². The molecule has 3 heteroatoms. The van der Waals surface area contributed by atoms with Gasteiger partial charge in [-0.1, -0.05) is 108 Å². The fraction of sp³-hybridized carbons (Fsp3) is 0.550. The summed E-state index contributed by atoms with van der Waals surface area (Å²) in [5.41, 5.74) is 9.95. The number of phenols is 3. The van der Waals surface area contributed by atoms with Crippen molar-refractivity contribution >= 4 is 0 Å². The maximum absolute atomic E-state index is 11.1. The number of aromatic hydroxyl groups is 3. The summed E-state index contributed by atoms with van der Waals surface area (Å²) in [6, 6.07) is 12.1. The summed E-state index contributed by atoms with van der Waals surface area (Å²) in [6.45, 7) is 28.5. The molecule has 0 aliphatic carbocycles. The zero-order chi connectivity index (χ0) is 32.7. The smallest absolute Gasteiger partial charge is 0.119 e. The highest BCUT2D eigenvalue weighted by Gasteiger charge is 2.33. The van der Waals surface area contributed by atoms with Crippen molar-refractivity contribution in [3.05, 3.63) is 86.5 Å². The first-order valence-electron chi connectivity index (χ1n) is 16.3. The predicted octanol–water partition coefficient (Wildman–Crippen LogP) is 10.7. The molecule has 0 aliphatic rings. The van der Waals surface area contributed by atoms with Gasteiger partial charge in [0, 0.05) is 22.6 Å². The predicted molar refractivity (Wildman–Crippen MR) is 183 cm³/mol. The molecule has 3 rings (SSSR count). The van der Waals surface area contributed by atoms with Crippen LogP contribution in [0.15, 0.2) is 36.4 Å². The van der Waals surface area contributed by atoms with Gasteiger partial charge in [-0.15, -0.1) is 0 Å². The minimum absolute atomic E-state index is 0.0555. The van der Waals surface area contributed by atoms with Crippen molar-refractivity contribution in [2.24, 2.45) is 0 Å². The zero-order valence-electron chi connectivity index (χ0n) is 29.3. The second-order valence-corrected chi connectivity index (χ2v) is 15.6. The Labute approximate surface area is 262 Å². The van der Waals surface area contributed by atoms with Gasteiger partial charge in [-0.2, -0.15) is 0 Å². The zero-order valence-corrected chi connectivity index (χ0v) is 29.3. The Morgan fingerprint density at radius 2 is 0.767 bits per heavy atom. The van der Waals surface area contributed by atoms with Crippen LogP contribution in [0.1, 0.15) is 158 Å². The second-order valence-electron chi connectivity index (χ2n) is 15.6. The highest BCUT2D eigenvalue weighted by Crippen LogP contribution is 2.47. The van der Waals surface area contributed by atoms with Crippen LogP contribution in [0.5, 0.6) is 17.2 Å². The van der Waals surface area contributed by atoms with E-state index in [1.54, 1.807) is 0 Å². The lowest BCUT2D eigenvalue weighted by Crippen LogP contribution is -2.21. The molecule has 43 heavy (non-hydrogen) atoms. The molecule has 0 aromatic heterocycles. The topological polar surface area (TPSA) is 60.7 Å². The number of phenolic OH excluding ortho intramolecular Hbond substituents is 3. The molecule has 0 saturated carbocycles. The van der Waals surface area contributed by atoms with E-state index in [4.69, 9.17) is 0 Å². The van der Waals surface area contributed by atoms with Crippen LogP contribution >= 0.6 is 0 Å². The first kappa shape index (κ1) is 34.5. The summed E-state index contributed by atoms with van der Waals surface area (Å²) in [6.07, 6.45) is 3.36. The average molecular weight is 587 g/mol. The van der Waals surface area contributed by atoms with Crippen LogP contribution in [0.2, 0.25) is 0 Å². The van der Waals surface area contributed by atoms with E-state index >= 15 is 0 Å². The molecule has 3 nitrogen and oxygen atoms in total. The fourth-order valence-corrected chi connectivity index (χ4v) is 7.62. The number of hydrogen-bond donors (Lipinski definition) is 3. The molecule has 3 aromatic carbocycles. The molecule has 0 aliphatic heterocycles. The van der Waals surface area contributed by atoms with Gasteiger partial charge in [0.05, 0.1) is 0 Å². The number of rotatable bonds is 8. The lowest BCUT2D eigenvalue weighted by atomic mass is 9.71. The van der Waals surface area contributed by atoms with Gasteiger partial charge in [-0.25, -0.2) is 0 Å². The van der Waals surface area contributed by atoms with Gasteiger partial charge in [0.2, 0.25) is 0 Å². The Hall–Kier alpha value is -2.94. The van der Waals surface area contributed by atoms with Gasteiger partial charge in [0.1, 0.15) is 17.2 Å². The van der Waals surface area contributed by atoms with Crippen molar-refractivity contribution in [1.29, 1.82) is 0 Å². The van der Waals surface area contributed by atoms with Crippen molar-refractivity contribution in [2.75, 3.05) is 0 Å². The molecule has 0 heterocycles. The molecule has 1 unspecified atom stereocenters. The molecule has 0 bridgehead atoms. The van der Waals surface area contributed by atoms with Crippen molar-refractivity contribution in [3.8, 4) is 17.2 Å². The Morgan fingerprint density at radius 3 is 1.05 bits per heavy atom. The summed E-state index contributed by atoms with van der Waals surface area (Å²) in [5, 5.41) is 33.2. The highest BCUT2D eigenvalue weighted by atomic mass is 16.3. The number of benzene rings is 3. The lowest BCUT2D eigenvalue weighted by Gasteiger charge is -2.34. The molecular formula is C40H58O3. The SMILES string of the molecule is CCc1c(C(C)CC(c2ccc(O)c(C(C)(C)C)c2CC)c2ccc(O)c(C(C)(C)C)c2CC)ccc(O)c1C(C)(C)C. The lowest BCUT2D eigenvalue weighted by molar-refractivity contribution is 0.442. The van der Waals surface area contributed by atoms with E-state index in [2.05, 4.69) is 108 Å². The molecule has 0 radical (unpaired) electrons. The van der Waals surface area contributed by atoms with E-state index in [9.17, 15) is 15.3 Å². The van der Waals surface area contributed by atoms with Gasteiger partial charge in [0.15, 0.2) is 0 Å². The highest BCUT2D eigenvalue weighted by molar-refractivity contribution is 5.56. The molecule has 236 valence electrons. The normalized spacial score (nSPS) is 13.5.